The number of ether oxygens (including phenoxy) is 1. The first-order chi connectivity index (χ1) is 20.6. The second-order valence-electron chi connectivity index (χ2n) is 10.4. The highest BCUT2D eigenvalue weighted by Crippen LogP contribution is 2.39. The molecule has 0 radical (unpaired) electrons. The number of rotatable bonds is 7. The van der Waals surface area contributed by atoms with Crippen LogP contribution in [0.25, 0.3) is 28.0 Å². The average molecular weight is 584 g/mol. The lowest BCUT2D eigenvalue weighted by Gasteiger charge is -2.33. The summed E-state index contributed by atoms with van der Waals surface area (Å²) in [6.45, 7) is 8.24. The van der Waals surface area contributed by atoms with Gasteiger partial charge < -0.3 is 14.4 Å². The number of phenolic OH excluding ortho intramolecular Hbond substituents is 1. The molecule has 1 amide bonds. The molecule has 0 atom stereocenters. The fourth-order valence-corrected chi connectivity index (χ4v) is 5.06. The molecule has 0 fully saturated rings. The number of hydrogen-bond donors (Lipinski definition) is 3. The molecule has 14 nitrogen and oxygen atoms in total. The fraction of sp³-hybridized carbons (Fsp3) is 0.207. The van der Waals surface area contributed by atoms with Gasteiger partial charge in [-0.25, -0.2) is 38.6 Å². The van der Waals surface area contributed by atoms with Crippen molar-refractivity contribution in [2.24, 2.45) is 0 Å². The minimum absolute atomic E-state index is 0.102. The number of carbonyl (C=O) groups excluding carboxylic acids is 2. The summed E-state index contributed by atoms with van der Waals surface area (Å²) < 4.78 is 10.3. The first-order valence-corrected chi connectivity index (χ1v) is 13.4. The van der Waals surface area contributed by atoms with Gasteiger partial charge in [-0.3, -0.25) is 5.43 Å². The Hall–Kier alpha value is -5.63. The van der Waals surface area contributed by atoms with Crippen LogP contribution in [0.5, 0.6) is 11.5 Å². The molecule has 1 aliphatic heterocycles. The highest BCUT2D eigenvalue weighted by molar-refractivity contribution is 5.97. The van der Waals surface area contributed by atoms with E-state index in [2.05, 4.69) is 27.2 Å². The summed E-state index contributed by atoms with van der Waals surface area (Å²) in [5.41, 5.74) is 4.71. The minimum Gasteiger partial charge on any atom is -0.507 e. The first kappa shape index (κ1) is 27.5. The van der Waals surface area contributed by atoms with Crippen molar-refractivity contribution in [1.29, 1.82) is 0 Å². The maximum absolute atomic E-state index is 13.2. The van der Waals surface area contributed by atoms with Crippen LogP contribution in [-0.2, 0) is 6.54 Å². The topological polar surface area (TPSA) is 156 Å². The van der Waals surface area contributed by atoms with Gasteiger partial charge in [0.15, 0.2) is 17.3 Å². The zero-order valence-corrected chi connectivity index (χ0v) is 23.9. The van der Waals surface area contributed by atoms with Crippen LogP contribution < -0.4 is 15.9 Å². The number of amides is 1. The molecular weight excluding hydrogens is 554 g/mol. The van der Waals surface area contributed by atoms with Crippen molar-refractivity contribution in [1.82, 2.24) is 39.0 Å². The molecule has 220 valence electrons. The number of aromatic nitrogens is 6. The number of nitrogens with one attached hydrogen (secondary N) is 2. The molecule has 0 aliphatic carbocycles. The first-order valence-electron chi connectivity index (χ1n) is 13.4. The molecule has 0 saturated heterocycles. The van der Waals surface area contributed by atoms with Crippen LogP contribution in [0.1, 0.15) is 35.8 Å². The summed E-state index contributed by atoms with van der Waals surface area (Å²) in [5, 5.41) is 21.5. The smallest absolute Gasteiger partial charge is 0.366 e. The van der Waals surface area contributed by atoms with Gasteiger partial charge in [-0.2, -0.15) is 5.10 Å². The number of H-pyrrole nitrogens is 1. The molecule has 14 heteroatoms. The van der Waals surface area contributed by atoms with E-state index >= 15 is 0 Å². The van der Waals surface area contributed by atoms with E-state index in [0.29, 0.717) is 17.8 Å². The number of hydrogen-bond acceptors (Lipinski definition) is 9. The molecule has 0 saturated carbocycles. The number of phenols is 1. The van der Waals surface area contributed by atoms with E-state index in [-0.39, 0.29) is 40.3 Å². The van der Waals surface area contributed by atoms with Crippen LogP contribution in [0.15, 0.2) is 66.4 Å². The van der Waals surface area contributed by atoms with E-state index in [1.54, 1.807) is 32.3 Å². The third-order valence-electron chi connectivity index (χ3n) is 7.37. The molecule has 4 heterocycles. The lowest BCUT2D eigenvalue weighted by Crippen LogP contribution is -2.51. The lowest BCUT2D eigenvalue weighted by atomic mass is 9.98. The predicted molar refractivity (Wildman–Crippen MR) is 158 cm³/mol. The van der Waals surface area contributed by atoms with Gasteiger partial charge >= 0.3 is 17.7 Å². The molecular formula is C29H29N9O5. The van der Waals surface area contributed by atoms with Gasteiger partial charge in [0.25, 0.3) is 0 Å². The number of esters is 1. The zero-order chi connectivity index (χ0) is 30.6. The third kappa shape index (κ3) is 4.53. The molecule has 1 aliphatic rings. The summed E-state index contributed by atoms with van der Waals surface area (Å²) in [6, 6.07) is 10.1. The summed E-state index contributed by atoms with van der Waals surface area (Å²) in [6.07, 6.45) is 4.98. The van der Waals surface area contributed by atoms with E-state index in [4.69, 9.17) is 4.74 Å². The molecule has 0 unspecified atom stereocenters. The number of nitrogens with zero attached hydrogens (tertiary/aromatic N) is 7. The quantitative estimate of drug-likeness (QED) is 0.148. The van der Waals surface area contributed by atoms with Crippen molar-refractivity contribution in [3.05, 3.63) is 83.3 Å². The molecule has 43 heavy (non-hydrogen) atoms. The summed E-state index contributed by atoms with van der Waals surface area (Å²) in [5.74, 6) is -0.797. The highest BCUT2D eigenvalue weighted by atomic mass is 16.5. The van der Waals surface area contributed by atoms with E-state index in [1.807, 2.05) is 42.8 Å². The number of allylic oxidation sites excluding steroid dienone is 1. The molecule has 0 spiro atoms. The molecule has 3 N–H and O–H groups in total. The number of anilines is 1. The number of fused-ring (bicyclic) bond motifs is 2. The number of carbonyl (C=O) groups is 2. The molecule has 2 aromatic carbocycles. The van der Waals surface area contributed by atoms with Gasteiger partial charge in [0.05, 0.1) is 11.3 Å². The Labute approximate surface area is 245 Å². The Morgan fingerprint density at radius 3 is 2.70 bits per heavy atom. The second kappa shape index (κ2) is 10.3. The Kier molecular flexibility index (Phi) is 6.61. The second-order valence-corrected chi connectivity index (χ2v) is 10.4. The Bertz CT molecular complexity index is 1980. The average Bonchev–Trinajstić information content (AvgIpc) is 3.68. The normalized spacial score (nSPS) is 13.4. The van der Waals surface area contributed by atoms with Crippen LogP contribution in [0.3, 0.4) is 0 Å². The van der Waals surface area contributed by atoms with Gasteiger partial charge in [-0.05, 0) is 41.8 Å². The zero-order valence-electron chi connectivity index (χ0n) is 23.9. The standard InChI is InChI=1S/C29H29N9O5/c1-6-10-36-11-9-17-12-18(7-8-21(17)36)38-25(31-32-28(38)41)20-13-19(16(2)3)23(14-22(20)39)43-27(40)24-26-33-35(5)34(4)29(42)37(26)15-30-24/h6-9,11-16,33,39H,1,10H2,2-5H3,(H,32,41). The van der Waals surface area contributed by atoms with Gasteiger partial charge in [-0.15, -0.1) is 11.7 Å². The molecule has 6 rings (SSSR count). The Balaban J connectivity index is 1.37. The van der Waals surface area contributed by atoms with E-state index in [1.165, 1.54) is 31.7 Å². The minimum atomic E-state index is -0.825. The van der Waals surface area contributed by atoms with Crippen LogP contribution in [0, 0.1) is 0 Å². The van der Waals surface area contributed by atoms with Crippen LogP contribution >= 0.6 is 0 Å². The van der Waals surface area contributed by atoms with Crippen molar-refractivity contribution in [2.75, 3.05) is 19.5 Å². The van der Waals surface area contributed by atoms with Crippen molar-refractivity contribution < 1.29 is 19.4 Å². The van der Waals surface area contributed by atoms with Crippen LogP contribution in [0.4, 0.5) is 10.6 Å². The molecule has 5 aromatic rings. The third-order valence-corrected chi connectivity index (χ3v) is 7.37. The van der Waals surface area contributed by atoms with Gasteiger partial charge in [0.1, 0.15) is 17.8 Å². The number of aromatic hydroxyl groups is 1. The fourth-order valence-electron chi connectivity index (χ4n) is 5.06. The Morgan fingerprint density at radius 2 is 1.95 bits per heavy atom. The molecule has 0 bridgehead atoms. The van der Waals surface area contributed by atoms with Crippen molar-refractivity contribution in [3.8, 4) is 28.6 Å². The summed E-state index contributed by atoms with van der Waals surface area (Å²) in [4.78, 5) is 42.8. The number of hydrazine groups is 2. The van der Waals surface area contributed by atoms with Gasteiger partial charge in [-0.1, -0.05) is 19.9 Å². The van der Waals surface area contributed by atoms with Crippen LogP contribution in [-0.4, -0.2) is 70.2 Å². The van der Waals surface area contributed by atoms with Crippen molar-refractivity contribution >= 4 is 28.7 Å². The van der Waals surface area contributed by atoms with Gasteiger partial charge in [0.2, 0.25) is 0 Å². The SMILES string of the molecule is C=CCn1ccc2cc(-n3c(-c4cc(C(C)C)c(OC(=O)c5ncn6c5NN(C)N(C)C6=O)cc4O)n[nH]c3=O)ccc21. The number of aromatic amines is 1. The largest absolute Gasteiger partial charge is 0.507 e. The molecule has 3 aromatic heterocycles. The number of imidazole rings is 1. The van der Waals surface area contributed by atoms with E-state index in [0.717, 1.165) is 10.9 Å². The van der Waals surface area contributed by atoms with Crippen molar-refractivity contribution in [2.45, 2.75) is 26.3 Å². The van der Waals surface area contributed by atoms with Crippen molar-refractivity contribution in [3.63, 3.8) is 0 Å². The van der Waals surface area contributed by atoms with E-state index in [9.17, 15) is 19.5 Å². The lowest BCUT2D eigenvalue weighted by molar-refractivity contribution is 0.0711. The maximum atomic E-state index is 13.2. The van der Waals surface area contributed by atoms with Crippen LogP contribution in [0.2, 0.25) is 0 Å². The summed E-state index contributed by atoms with van der Waals surface area (Å²) >= 11 is 0. The predicted octanol–water partition coefficient (Wildman–Crippen LogP) is 3.70. The monoisotopic (exact) mass is 583 g/mol. The highest BCUT2D eigenvalue weighted by Gasteiger charge is 2.32. The Morgan fingerprint density at radius 1 is 1.16 bits per heavy atom. The maximum Gasteiger partial charge on any atom is 0.366 e. The van der Waals surface area contributed by atoms with E-state index < -0.39 is 17.7 Å². The number of benzene rings is 2. The van der Waals surface area contributed by atoms with Gasteiger partial charge in [0, 0.05) is 43.8 Å². The summed E-state index contributed by atoms with van der Waals surface area (Å²) in [7, 11) is 3.18.